The molecule has 0 aliphatic heterocycles. The van der Waals surface area contributed by atoms with E-state index in [4.69, 9.17) is 17.0 Å². The number of rotatable bonds is 2. The molecule has 1 aromatic heterocycles. The van der Waals surface area contributed by atoms with Crippen LogP contribution in [0, 0.1) is 4.77 Å². The van der Waals surface area contributed by atoms with Gasteiger partial charge in [-0.1, -0.05) is 6.58 Å². The first-order valence-corrected chi connectivity index (χ1v) is 4.66. The molecule has 0 spiro atoms. The molecule has 1 aromatic carbocycles. The number of benzene rings is 1. The van der Waals surface area contributed by atoms with Crippen LogP contribution in [0.1, 0.15) is 0 Å². The van der Waals surface area contributed by atoms with Gasteiger partial charge in [0.2, 0.25) is 0 Å². The maximum Gasteiger partial charge on any atom is 0.335 e. The number of imidazole rings is 1. The van der Waals surface area contributed by atoms with E-state index in [2.05, 4.69) is 16.5 Å². The topological polar surface area (TPSA) is 57.9 Å². The second-order valence-electron chi connectivity index (χ2n) is 2.91. The number of H-pyrrole nitrogens is 2. The molecule has 0 fully saturated rings. The van der Waals surface area contributed by atoms with Crippen molar-refractivity contribution < 1.29 is 9.53 Å². The van der Waals surface area contributed by atoms with Crippen LogP contribution in [0.3, 0.4) is 0 Å². The van der Waals surface area contributed by atoms with Crippen LogP contribution >= 0.6 is 12.2 Å². The molecule has 0 aliphatic carbocycles. The Morgan fingerprint density at radius 2 is 2.13 bits per heavy atom. The minimum absolute atomic E-state index is 0.456. The van der Waals surface area contributed by atoms with Crippen molar-refractivity contribution in [2.24, 2.45) is 0 Å². The molecule has 0 aliphatic rings. The van der Waals surface area contributed by atoms with Gasteiger partial charge >= 0.3 is 5.97 Å². The van der Waals surface area contributed by atoms with Crippen LogP contribution in [0.25, 0.3) is 11.0 Å². The molecule has 0 radical (unpaired) electrons. The average molecular weight is 220 g/mol. The maximum absolute atomic E-state index is 10.9. The molecular formula is C10H8N2O2S. The Labute approximate surface area is 90.6 Å². The molecule has 4 nitrogen and oxygen atoms in total. The van der Waals surface area contributed by atoms with Crippen molar-refractivity contribution in [3.8, 4) is 5.75 Å². The van der Waals surface area contributed by atoms with Gasteiger partial charge in [-0.15, -0.1) is 0 Å². The number of esters is 1. The van der Waals surface area contributed by atoms with Crippen LogP contribution in [0.2, 0.25) is 0 Å². The first-order valence-electron chi connectivity index (χ1n) is 4.25. The summed E-state index contributed by atoms with van der Waals surface area (Å²) in [5.74, 6) is -0.0267. The van der Waals surface area contributed by atoms with Crippen LogP contribution < -0.4 is 4.74 Å². The van der Waals surface area contributed by atoms with Crippen molar-refractivity contribution in [3.05, 3.63) is 35.6 Å². The first-order chi connectivity index (χ1) is 7.19. The Kier molecular flexibility index (Phi) is 2.39. The van der Waals surface area contributed by atoms with E-state index in [1.54, 1.807) is 18.2 Å². The molecule has 0 atom stereocenters. The lowest BCUT2D eigenvalue weighted by molar-refractivity contribution is -0.128. The molecule has 2 N–H and O–H groups in total. The lowest BCUT2D eigenvalue weighted by Gasteiger charge is -1.99. The molecule has 15 heavy (non-hydrogen) atoms. The van der Waals surface area contributed by atoms with E-state index >= 15 is 0 Å². The van der Waals surface area contributed by atoms with E-state index in [0.29, 0.717) is 10.5 Å². The normalized spacial score (nSPS) is 10.1. The minimum Gasteiger partial charge on any atom is -0.423 e. The third-order valence-corrected chi connectivity index (χ3v) is 2.08. The van der Waals surface area contributed by atoms with Gasteiger partial charge in [-0.2, -0.15) is 0 Å². The molecule has 0 bridgehead atoms. The lowest BCUT2D eigenvalue weighted by Crippen LogP contribution is -2.02. The lowest BCUT2D eigenvalue weighted by atomic mass is 10.3. The highest BCUT2D eigenvalue weighted by molar-refractivity contribution is 7.71. The number of carbonyl (C=O) groups excluding carboxylic acids is 1. The SMILES string of the molecule is C=CC(=O)Oc1ccc2[nH]c(=S)[nH]c2c1. The Bertz CT molecular complexity index is 582. The molecule has 0 amide bonds. The highest BCUT2D eigenvalue weighted by Gasteiger charge is 2.02. The standard InChI is InChI=1S/C10H8N2O2S/c1-2-9(13)14-6-3-4-7-8(5-6)12-10(15)11-7/h2-5H,1H2,(H2,11,12,15). The van der Waals surface area contributed by atoms with Crippen molar-refractivity contribution >= 4 is 29.2 Å². The number of carbonyl (C=O) groups is 1. The molecular weight excluding hydrogens is 212 g/mol. The second-order valence-corrected chi connectivity index (χ2v) is 3.32. The van der Waals surface area contributed by atoms with Gasteiger partial charge < -0.3 is 14.7 Å². The number of nitrogens with one attached hydrogen (secondary N) is 2. The Balaban J connectivity index is 2.42. The van der Waals surface area contributed by atoms with E-state index in [1.165, 1.54) is 0 Å². The van der Waals surface area contributed by atoms with E-state index in [-0.39, 0.29) is 0 Å². The Morgan fingerprint density at radius 3 is 2.87 bits per heavy atom. The molecule has 2 rings (SSSR count). The quantitative estimate of drug-likeness (QED) is 0.353. The fourth-order valence-corrected chi connectivity index (χ4v) is 1.45. The first kappa shape index (κ1) is 9.67. The zero-order valence-corrected chi connectivity index (χ0v) is 8.56. The minimum atomic E-state index is -0.483. The zero-order chi connectivity index (χ0) is 10.8. The van der Waals surface area contributed by atoms with Gasteiger partial charge in [0.25, 0.3) is 0 Å². The summed E-state index contributed by atoms with van der Waals surface area (Å²) in [7, 11) is 0. The summed E-state index contributed by atoms with van der Waals surface area (Å²) in [5, 5.41) is 0. The third-order valence-electron chi connectivity index (χ3n) is 1.87. The summed E-state index contributed by atoms with van der Waals surface area (Å²) in [4.78, 5) is 16.8. The number of fused-ring (bicyclic) bond motifs is 1. The smallest absolute Gasteiger partial charge is 0.335 e. The molecule has 5 heteroatoms. The van der Waals surface area contributed by atoms with Gasteiger partial charge in [0.15, 0.2) is 4.77 Å². The molecule has 0 saturated carbocycles. The Hall–Kier alpha value is -1.88. The number of hydrogen-bond donors (Lipinski definition) is 2. The fraction of sp³-hybridized carbons (Fsp3) is 0. The maximum atomic E-state index is 10.9. The highest BCUT2D eigenvalue weighted by atomic mass is 32.1. The number of aromatic nitrogens is 2. The molecule has 76 valence electrons. The summed E-state index contributed by atoms with van der Waals surface area (Å²) >= 11 is 4.93. The summed E-state index contributed by atoms with van der Waals surface area (Å²) in [6, 6.07) is 5.17. The van der Waals surface area contributed by atoms with E-state index < -0.39 is 5.97 Å². The number of aromatic amines is 2. The van der Waals surface area contributed by atoms with Crippen LogP contribution in [0.5, 0.6) is 5.75 Å². The average Bonchev–Trinajstić information content (AvgIpc) is 2.57. The predicted octanol–water partition coefficient (Wildman–Crippen LogP) is 2.32. The predicted molar refractivity (Wildman–Crippen MR) is 59.3 cm³/mol. The van der Waals surface area contributed by atoms with Crippen molar-refractivity contribution in [2.75, 3.05) is 0 Å². The largest absolute Gasteiger partial charge is 0.423 e. The van der Waals surface area contributed by atoms with Crippen molar-refractivity contribution in [2.45, 2.75) is 0 Å². The van der Waals surface area contributed by atoms with Crippen molar-refractivity contribution in [1.29, 1.82) is 0 Å². The van der Waals surface area contributed by atoms with Crippen LogP contribution in [0.4, 0.5) is 0 Å². The monoisotopic (exact) mass is 220 g/mol. The van der Waals surface area contributed by atoms with Crippen molar-refractivity contribution in [3.63, 3.8) is 0 Å². The van der Waals surface area contributed by atoms with Crippen molar-refractivity contribution in [1.82, 2.24) is 9.97 Å². The summed E-state index contributed by atoms with van der Waals surface area (Å²) in [5.41, 5.74) is 1.67. The second kappa shape index (κ2) is 3.70. The van der Waals surface area contributed by atoms with E-state index in [0.717, 1.165) is 17.1 Å². The third kappa shape index (κ3) is 1.97. The van der Waals surface area contributed by atoms with Crippen LogP contribution in [-0.4, -0.2) is 15.9 Å². The van der Waals surface area contributed by atoms with Gasteiger partial charge in [0.05, 0.1) is 11.0 Å². The Morgan fingerprint density at radius 1 is 1.40 bits per heavy atom. The molecule has 2 aromatic rings. The van der Waals surface area contributed by atoms with E-state index in [1.807, 2.05) is 0 Å². The summed E-state index contributed by atoms with van der Waals surface area (Å²) in [6.07, 6.45) is 1.11. The number of hydrogen-bond acceptors (Lipinski definition) is 3. The van der Waals surface area contributed by atoms with Gasteiger partial charge in [0.1, 0.15) is 5.75 Å². The fourth-order valence-electron chi connectivity index (χ4n) is 1.23. The number of ether oxygens (including phenoxy) is 1. The van der Waals surface area contributed by atoms with E-state index in [9.17, 15) is 4.79 Å². The highest BCUT2D eigenvalue weighted by Crippen LogP contribution is 2.18. The molecule has 0 unspecified atom stereocenters. The molecule has 1 heterocycles. The summed E-state index contributed by atoms with van der Waals surface area (Å²) < 4.78 is 5.50. The van der Waals surface area contributed by atoms with Crippen LogP contribution in [0.15, 0.2) is 30.9 Å². The van der Waals surface area contributed by atoms with Crippen LogP contribution in [-0.2, 0) is 4.79 Å². The van der Waals surface area contributed by atoms with Gasteiger partial charge in [-0.05, 0) is 24.4 Å². The summed E-state index contributed by atoms with van der Waals surface area (Å²) in [6.45, 7) is 3.32. The zero-order valence-electron chi connectivity index (χ0n) is 7.74. The van der Waals surface area contributed by atoms with Gasteiger partial charge in [-0.25, -0.2) is 4.79 Å². The van der Waals surface area contributed by atoms with Gasteiger partial charge in [0, 0.05) is 12.1 Å². The molecule has 0 saturated heterocycles. The van der Waals surface area contributed by atoms with Gasteiger partial charge in [-0.3, -0.25) is 0 Å².